The van der Waals surface area contributed by atoms with Crippen LogP contribution in [0.4, 0.5) is 0 Å². The standard InChI is InChI=1S/C64H121N2O6P/c1-6-8-10-12-14-16-18-19-20-21-22-23-24-25-26-27-28-29-30-31-32-33-34-35-36-37-38-39-40-41-42-43-44-45-46-47-48-50-52-54-56-58-64(68)65-62(61-72-73(69,70)71-60-59-66(3,4)5)63(67)57-55-53-51-49-17-15-13-11-9-7-2/h9,11,17-19,21-22,49,55,57,62-63,67H,6-8,10,12-16,20,23-48,50-54,56,58-61H2,1-5H3,(H-,65,68,69,70)/p+1/b11-9+,19-18-,22-21-,49-17+,57-55+. The van der Waals surface area contributed by atoms with Crippen molar-refractivity contribution in [3.63, 3.8) is 0 Å². The number of allylic oxidation sites excluding steroid dienone is 9. The number of carbonyl (C=O) groups excluding carboxylic acids is 1. The third-order valence-corrected chi connectivity index (χ3v) is 14.9. The minimum Gasteiger partial charge on any atom is -0.387 e. The molecule has 0 radical (unpaired) electrons. The van der Waals surface area contributed by atoms with E-state index >= 15 is 0 Å². The van der Waals surface area contributed by atoms with Crippen LogP contribution in [0.15, 0.2) is 60.8 Å². The van der Waals surface area contributed by atoms with Gasteiger partial charge in [-0.3, -0.25) is 13.8 Å². The number of phosphoric ester groups is 1. The Hall–Kier alpha value is -1.80. The zero-order valence-electron chi connectivity index (χ0n) is 48.9. The maximum absolute atomic E-state index is 12.9. The van der Waals surface area contributed by atoms with Gasteiger partial charge in [-0.2, -0.15) is 0 Å². The topological polar surface area (TPSA) is 105 Å². The summed E-state index contributed by atoms with van der Waals surface area (Å²) in [5.41, 5.74) is 0. The number of hydrogen-bond donors (Lipinski definition) is 3. The molecule has 0 aromatic carbocycles. The van der Waals surface area contributed by atoms with E-state index in [2.05, 4.69) is 67.8 Å². The Kier molecular flexibility index (Phi) is 53.6. The summed E-state index contributed by atoms with van der Waals surface area (Å²) in [4.78, 5) is 23.2. The maximum Gasteiger partial charge on any atom is 0.472 e. The molecule has 3 unspecified atom stereocenters. The van der Waals surface area contributed by atoms with Gasteiger partial charge < -0.3 is 19.8 Å². The van der Waals surface area contributed by atoms with Gasteiger partial charge in [-0.05, 0) is 70.6 Å². The number of quaternary nitrogens is 1. The molecule has 0 aliphatic rings. The molecule has 0 aromatic rings. The highest BCUT2D eigenvalue weighted by Crippen LogP contribution is 2.43. The number of nitrogens with zero attached hydrogens (tertiary/aromatic N) is 1. The molecule has 0 saturated carbocycles. The largest absolute Gasteiger partial charge is 0.472 e. The summed E-state index contributed by atoms with van der Waals surface area (Å²) in [6.45, 7) is 4.66. The molecule has 0 aromatic heterocycles. The van der Waals surface area contributed by atoms with E-state index in [4.69, 9.17) is 9.05 Å². The molecule has 9 heteroatoms. The van der Waals surface area contributed by atoms with Crippen LogP contribution in [0.2, 0.25) is 0 Å². The van der Waals surface area contributed by atoms with Gasteiger partial charge in [-0.1, -0.05) is 274 Å². The molecule has 0 aliphatic carbocycles. The first-order chi connectivity index (χ1) is 35.5. The number of nitrogens with one attached hydrogen (secondary N) is 1. The second kappa shape index (κ2) is 55.0. The van der Waals surface area contributed by atoms with E-state index in [9.17, 15) is 19.4 Å². The lowest BCUT2D eigenvalue weighted by molar-refractivity contribution is -0.870. The monoisotopic (exact) mass is 1050 g/mol. The fraction of sp³-hybridized carbons (Fsp3) is 0.828. The number of likely N-dealkylation sites (N-methyl/N-ethyl adjacent to an activating group) is 1. The first kappa shape index (κ1) is 71.2. The third-order valence-electron chi connectivity index (χ3n) is 13.9. The molecular formula is C64H122N2O6P+. The van der Waals surface area contributed by atoms with E-state index in [1.54, 1.807) is 6.08 Å². The average molecular weight is 1050 g/mol. The predicted molar refractivity (Wildman–Crippen MR) is 318 cm³/mol. The van der Waals surface area contributed by atoms with Crippen LogP contribution in [0.1, 0.15) is 290 Å². The van der Waals surface area contributed by atoms with Crippen LogP contribution in [0, 0.1) is 0 Å². The van der Waals surface area contributed by atoms with Crippen LogP contribution in [0.25, 0.3) is 0 Å². The van der Waals surface area contributed by atoms with Gasteiger partial charge in [0.15, 0.2) is 0 Å². The fourth-order valence-electron chi connectivity index (χ4n) is 9.11. The highest BCUT2D eigenvalue weighted by atomic mass is 31.2. The van der Waals surface area contributed by atoms with Crippen molar-refractivity contribution in [2.45, 2.75) is 302 Å². The van der Waals surface area contributed by atoms with Crippen molar-refractivity contribution in [2.24, 2.45) is 0 Å². The van der Waals surface area contributed by atoms with Crippen molar-refractivity contribution in [2.75, 3.05) is 40.9 Å². The van der Waals surface area contributed by atoms with E-state index < -0.39 is 20.0 Å². The minimum atomic E-state index is -4.35. The molecule has 3 atom stereocenters. The van der Waals surface area contributed by atoms with Crippen LogP contribution in [0.5, 0.6) is 0 Å². The Morgan fingerprint density at radius 1 is 0.479 bits per heavy atom. The lowest BCUT2D eigenvalue weighted by Gasteiger charge is -2.25. The Labute approximate surface area is 453 Å². The van der Waals surface area contributed by atoms with Gasteiger partial charge >= 0.3 is 7.82 Å². The molecule has 73 heavy (non-hydrogen) atoms. The third kappa shape index (κ3) is 57.7. The Morgan fingerprint density at radius 3 is 1.23 bits per heavy atom. The zero-order chi connectivity index (χ0) is 53.5. The van der Waals surface area contributed by atoms with Crippen LogP contribution >= 0.6 is 7.82 Å². The van der Waals surface area contributed by atoms with Gasteiger partial charge in [0.25, 0.3) is 0 Å². The normalized spacial score (nSPS) is 14.2. The van der Waals surface area contributed by atoms with Crippen molar-refractivity contribution < 1.29 is 32.9 Å². The maximum atomic E-state index is 12.9. The minimum absolute atomic E-state index is 0.0534. The Morgan fingerprint density at radius 2 is 0.836 bits per heavy atom. The summed E-state index contributed by atoms with van der Waals surface area (Å²) in [6.07, 6.45) is 75.4. The highest BCUT2D eigenvalue weighted by molar-refractivity contribution is 7.47. The molecule has 0 saturated heterocycles. The number of aliphatic hydroxyl groups is 1. The van der Waals surface area contributed by atoms with Crippen LogP contribution in [-0.4, -0.2) is 73.4 Å². The number of rotatable bonds is 57. The summed E-state index contributed by atoms with van der Waals surface area (Å²) in [5.74, 6) is -0.190. The summed E-state index contributed by atoms with van der Waals surface area (Å²) in [7, 11) is 1.55. The van der Waals surface area contributed by atoms with Gasteiger partial charge in [0.05, 0.1) is 39.9 Å². The van der Waals surface area contributed by atoms with Gasteiger partial charge in [0.2, 0.25) is 5.91 Å². The van der Waals surface area contributed by atoms with Crippen molar-refractivity contribution in [1.82, 2.24) is 5.32 Å². The Bertz CT molecular complexity index is 1370. The Balaban J connectivity index is 3.78. The first-order valence-corrected chi connectivity index (χ1v) is 32.7. The SMILES string of the molecule is CC/C=C/CC/C=C/CC/C=C/C(O)C(COP(=O)(O)OCC[N+](C)(C)C)NC(=O)CCCCCCCCCCCCCCCCCCCCCCCCCCCCCCC/C=C\C/C=C\CCCCCCC. The predicted octanol–water partition coefficient (Wildman–Crippen LogP) is 19.3. The van der Waals surface area contributed by atoms with Crippen molar-refractivity contribution in [3.05, 3.63) is 60.8 Å². The number of carbonyl (C=O) groups is 1. The average Bonchev–Trinajstić information content (AvgIpc) is 3.35. The first-order valence-electron chi connectivity index (χ1n) is 31.2. The van der Waals surface area contributed by atoms with Crippen LogP contribution < -0.4 is 5.32 Å². The van der Waals surface area contributed by atoms with Gasteiger partial charge in [0, 0.05) is 6.42 Å². The molecule has 0 bridgehead atoms. The zero-order valence-corrected chi connectivity index (χ0v) is 49.8. The molecule has 0 rings (SSSR count). The van der Waals surface area contributed by atoms with E-state index in [1.165, 1.54) is 212 Å². The summed E-state index contributed by atoms with van der Waals surface area (Å²) in [5, 5.41) is 13.8. The number of hydrogen-bond acceptors (Lipinski definition) is 5. The highest BCUT2D eigenvalue weighted by Gasteiger charge is 2.27. The number of phosphoric acid groups is 1. The lowest BCUT2D eigenvalue weighted by Crippen LogP contribution is -2.45. The van der Waals surface area contributed by atoms with Gasteiger partial charge in [-0.15, -0.1) is 0 Å². The fourth-order valence-corrected chi connectivity index (χ4v) is 9.85. The molecule has 0 fully saturated rings. The van der Waals surface area contributed by atoms with Crippen LogP contribution in [-0.2, 0) is 18.4 Å². The van der Waals surface area contributed by atoms with Crippen molar-refractivity contribution in [1.29, 1.82) is 0 Å². The van der Waals surface area contributed by atoms with E-state index in [-0.39, 0.29) is 19.1 Å². The van der Waals surface area contributed by atoms with Crippen molar-refractivity contribution >= 4 is 13.7 Å². The molecule has 1 amide bonds. The molecule has 3 N–H and O–H groups in total. The summed E-state index contributed by atoms with van der Waals surface area (Å²) < 4.78 is 23.6. The van der Waals surface area contributed by atoms with Gasteiger partial charge in [-0.25, -0.2) is 4.57 Å². The molecular weight excluding hydrogens is 924 g/mol. The second-order valence-electron chi connectivity index (χ2n) is 22.4. The number of amides is 1. The lowest BCUT2D eigenvalue weighted by atomic mass is 10.0. The number of unbranched alkanes of at least 4 members (excludes halogenated alkanes) is 36. The van der Waals surface area contributed by atoms with Gasteiger partial charge in [0.1, 0.15) is 13.2 Å². The molecule has 0 spiro atoms. The molecule has 428 valence electrons. The smallest absolute Gasteiger partial charge is 0.387 e. The van der Waals surface area contributed by atoms with E-state index in [1.807, 2.05) is 27.2 Å². The second-order valence-corrected chi connectivity index (χ2v) is 23.8. The van der Waals surface area contributed by atoms with E-state index in [0.717, 1.165) is 57.8 Å². The number of aliphatic hydroxyl groups excluding tert-OH is 1. The summed E-state index contributed by atoms with van der Waals surface area (Å²) in [6, 6.07) is -0.868. The van der Waals surface area contributed by atoms with Crippen LogP contribution in [0.3, 0.4) is 0 Å². The quantitative estimate of drug-likeness (QED) is 0.0243. The molecule has 0 aliphatic heterocycles. The molecule has 8 nitrogen and oxygen atoms in total. The summed E-state index contributed by atoms with van der Waals surface area (Å²) >= 11 is 0. The molecule has 0 heterocycles. The van der Waals surface area contributed by atoms with Crippen molar-refractivity contribution in [3.8, 4) is 0 Å². The van der Waals surface area contributed by atoms with E-state index in [0.29, 0.717) is 17.4 Å².